The molecule has 0 bridgehead atoms. The molecular formula is C29H26N6O. The van der Waals surface area contributed by atoms with Crippen LogP contribution < -0.4 is 10.6 Å². The highest BCUT2D eigenvalue weighted by Crippen LogP contribution is 2.45. The first kappa shape index (κ1) is 22.0. The van der Waals surface area contributed by atoms with E-state index in [9.17, 15) is 4.79 Å². The highest BCUT2D eigenvalue weighted by atomic mass is 16.1. The number of fused-ring (bicyclic) bond motifs is 1. The van der Waals surface area contributed by atoms with Crippen LogP contribution in [0.25, 0.3) is 22.0 Å². The van der Waals surface area contributed by atoms with E-state index in [4.69, 9.17) is 0 Å². The zero-order valence-electron chi connectivity index (χ0n) is 20.2. The van der Waals surface area contributed by atoms with Gasteiger partial charge in [-0.3, -0.25) is 9.48 Å². The second-order valence-electron chi connectivity index (χ2n) is 9.39. The van der Waals surface area contributed by atoms with Gasteiger partial charge in [-0.1, -0.05) is 24.3 Å². The summed E-state index contributed by atoms with van der Waals surface area (Å²) in [7, 11) is 1.87. The number of nitrogens with one attached hydrogen (secondary N) is 2. The molecule has 5 aromatic rings. The largest absolute Gasteiger partial charge is 0.322 e. The molecule has 2 aromatic heterocycles. The second-order valence-corrected chi connectivity index (χ2v) is 9.39. The lowest BCUT2D eigenvalue weighted by molar-refractivity contribution is 0.102. The van der Waals surface area contributed by atoms with Gasteiger partial charge in [-0.2, -0.15) is 5.10 Å². The molecule has 0 spiro atoms. The number of anilines is 3. The number of carbonyl (C=O) groups is 1. The summed E-state index contributed by atoms with van der Waals surface area (Å²) in [5.74, 6) is 0.961. The van der Waals surface area contributed by atoms with E-state index in [1.165, 1.54) is 18.4 Å². The van der Waals surface area contributed by atoms with Crippen LogP contribution in [0, 0.1) is 6.92 Å². The summed E-state index contributed by atoms with van der Waals surface area (Å²) >= 11 is 0. The van der Waals surface area contributed by atoms with Crippen molar-refractivity contribution in [2.45, 2.75) is 25.7 Å². The van der Waals surface area contributed by atoms with E-state index in [1.54, 1.807) is 10.9 Å². The molecule has 3 aromatic carbocycles. The first-order valence-electron chi connectivity index (χ1n) is 12.1. The van der Waals surface area contributed by atoms with Gasteiger partial charge in [-0.25, -0.2) is 9.97 Å². The lowest BCUT2D eigenvalue weighted by atomic mass is 9.93. The SMILES string of the molecule is Cc1cccc(NC(=O)c2ccc(C3CC3)c(-c3ccc4nc(Nc5cnn(C)c5)ncc4c3)c2)c1. The van der Waals surface area contributed by atoms with Gasteiger partial charge in [-0.05, 0) is 84.3 Å². The van der Waals surface area contributed by atoms with Crippen molar-refractivity contribution < 1.29 is 4.79 Å². The maximum Gasteiger partial charge on any atom is 0.255 e. The minimum absolute atomic E-state index is 0.112. The third-order valence-electron chi connectivity index (χ3n) is 6.46. The Morgan fingerprint density at radius 3 is 2.67 bits per heavy atom. The summed E-state index contributed by atoms with van der Waals surface area (Å²) in [5.41, 5.74) is 7.67. The Hall–Kier alpha value is -4.52. The Labute approximate surface area is 209 Å². The van der Waals surface area contributed by atoms with Crippen LogP contribution in [0.1, 0.15) is 40.2 Å². The fourth-order valence-corrected chi connectivity index (χ4v) is 4.50. The molecule has 2 heterocycles. The van der Waals surface area contributed by atoms with Gasteiger partial charge in [-0.15, -0.1) is 0 Å². The second kappa shape index (κ2) is 8.92. The van der Waals surface area contributed by atoms with Crippen molar-refractivity contribution in [3.05, 3.63) is 95.9 Å². The molecule has 1 amide bonds. The number of aromatic nitrogens is 4. The predicted molar refractivity (Wildman–Crippen MR) is 143 cm³/mol. The molecule has 1 fully saturated rings. The molecule has 0 atom stereocenters. The molecule has 178 valence electrons. The van der Waals surface area contributed by atoms with E-state index in [2.05, 4.69) is 43.9 Å². The molecule has 0 saturated heterocycles. The molecule has 7 heteroatoms. The number of aryl methyl sites for hydroxylation is 2. The predicted octanol–water partition coefficient (Wildman–Crippen LogP) is 6.21. The van der Waals surface area contributed by atoms with Crippen molar-refractivity contribution in [2.24, 2.45) is 7.05 Å². The highest BCUT2D eigenvalue weighted by Gasteiger charge is 2.27. The van der Waals surface area contributed by atoms with Crippen LogP contribution >= 0.6 is 0 Å². The monoisotopic (exact) mass is 474 g/mol. The number of benzene rings is 3. The smallest absolute Gasteiger partial charge is 0.255 e. The van der Waals surface area contributed by atoms with Crippen LogP contribution in [-0.2, 0) is 7.05 Å². The molecule has 1 aliphatic carbocycles. The highest BCUT2D eigenvalue weighted by molar-refractivity contribution is 6.05. The average molecular weight is 475 g/mol. The number of hydrogen-bond acceptors (Lipinski definition) is 5. The molecular weight excluding hydrogens is 448 g/mol. The van der Waals surface area contributed by atoms with Crippen molar-refractivity contribution in [1.82, 2.24) is 19.7 Å². The normalized spacial score (nSPS) is 13.1. The Balaban J connectivity index is 1.32. The molecule has 7 nitrogen and oxygen atoms in total. The lowest BCUT2D eigenvalue weighted by Crippen LogP contribution is -2.12. The standard InChI is InChI=1S/C29H26N6O/c1-18-4-3-5-23(12-18)32-28(36)21-8-10-25(19-6-7-19)26(14-21)20-9-11-27-22(13-20)15-30-29(34-27)33-24-16-31-35(2)17-24/h3-5,8-17,19H,6-7H2,1-2H3,(H,32,36)(H,30,33,34). The summed E-state index contributed by atoms with van der Waals surface area (Å²) in [6, 6.07) is 20.1. The zero-order valence-corrected chi connectivity index (χ0v) is 20.2. The van der Waals surface area contributed by atoms with Crippen LogP contribution in [0.5, 0.6) is 0 Å². The lowest BCUT2D eigenvalue weighted by Gasteiger charge is -2.13. The molecule has 0 unspecified atom stereocenters. The van der Waals surface area contributed by atoms with Crippen LogP contribution in [0.4, 0.5) is 17.3 Å². The maximum absolute atomic E-state index is 13.1. The maximum atomic E-state index is 13.1. The molecule has 36 heavy (non-hydrogen) atoms. The van der Waals surface area contributed by atoms with Gasteiger partial charge in [0.05, 0.1) is 17.4 Å². The molecule has 0 radical (unpaired) electrons. The van der Waals surface area contributed by atoms with Gasteiger partial charge in [0.15, 0.2) is 0 Å². The average Bonchev–Trinajstić information content (AvgIpc) is 3.65. The fourth-order valence-electron chi connectivity index (χ4n) is 4.50. The van der Waals surface area contributed by atoms with Gasteiger partial charge in [0.1, 0.15) is 0 Å². The van der Waals surface area contributed by atoms with E-state index in [0.29, 0.717) is 17.4 Å². The van der Waals surface area contributed by atoms with Crippen LogP contribution in [-0.4, -0.2) is 25.7 Å². The van der Waals surface area contributed by atoms with Gasteiger partial charge in [0.25, 0.3) is 5.91 Å². The molecule has 1 saturated carbocycles. The van der Waals surface area contributed by atoms with Gasteiger partial charge in [0.2, 0.25) is 5.95 Å². The quantitative estimate of drug-likeness (QED) is 0.306. The van der Waals surface area contributed by atoms with Crippen molar-refractivity contribution in [3.63, 3.8) is 0 Å². The zero-order chi connectivity index (χ0) is 24.6. The van der Waals surface area contributed by atoms with Gasteiger partial charge in [0, 0.05) is 36.1 Å². The van der Waals surface area contributed by atoms with Crippen LogP contribution in [0.3, 0.4) is 0 Å². The Morgan fingerprint density at radius 1 is 1.00 bits per heavy atom. The van der Waals surface area contributed by atoms with Crippen LogP contribution in [0.15, 0.2) is 79.3 Å². The van der Waals surface area contributed by atoms with E-state index < -0.39 is 0 Å². The number of hydrogen-bond donors (Lipinski definition) is 2. The van der Waals surface area contributed by atoms with E-state index in [-0.39, 0.29) is 5.91 Å². The Morgan fingerprint density at radius 2 is 1.89 bits per heavy atom. The third kappa shape index (κ3) is 4.55. The molecule has 0 aliphatic heterocycles. The van der Waals surface area contributed by atoms with Crippen LogP contribution in [0.2, 0.25) is 0 Å². The van der Waals surface area contributed by atoms with E-state index in [0.717, 1.165) is 39.0 Å². The Bertz CT molecular complexity index is 1600. The number of rotatable bonds is 6. The fraction of sp³-hybridized carbons (Fsp3) is 0.172. The number of carbonyl (C=O) groups excluding carboxylic acids is 1. The van der Waals surface area contributed by atoms with Crippen molar-refractivity contribution in [1.29, 1.82) is 0 Å². The van der Waals surface area contributed by atoms with E-state index in [1.807, 2.05) is 68.8 Å². The number of amides is 1. The molecule has 6 rings (SSSR count). The summed E-state index contributed by atoms with van der Waals surface area (Å²) in [6.45, 7) is 2.01. The molecule has 1 aliphatic rings. The third-order valence-corrected chi connectivity index (χ3v) is 6.46. The van der Waals surface area contributed by atoms with Crippen molar-refractivity contribution in [3.8, 4) is 11.1 Å². The van der Waals surface area contributed by atoms with Gasteiger partial charge >= 0.3 is 0 Å². The summed E-state index contributed by atoms with van der Waals surface area (Å²) in [6.07, 6.45) is 7.80. The topological polar surface area (TPSA) is 84.7 Å². The first-order chi connectivity index (χ1) is 17.5. The van der Waals surface area contributed by atoms with Crippen molar-refractivity contribution >= 4 is 34.1 Å². The Kier molecular flexibility index (Phi) is 5.45. The summed E-state index contributed by atoms with van der Waals surface area (Å²) in [5, 5.41) is 11.3. The van der Waals surface area contributed by atoms with E-state index >= 15 is 0 Å². The minimum atomic E-state index is -0.112. The van der Waals surface area contributed by atoms with Crippen molar-refractivity contribution in [2.75, 3.05) is 10.6 Å². The number of nitrogens with zero attached hydrogens (tertiary/aromatic N) is 4. The molecule has 2 N–H and O–H groups in total. The summed E-state index contributed by atoms with van der Waals surface area (Å²) in [4.78, 5) is 22.2. The minimum Gasteiger partial charge on any atom is -0.322 e. The summed E-state index contributed by atoms with van der Waals surface area (Å²) < 4.78 is 1.72. The van der Waals surface area contributed by atoms with Gasteiger partial charge < -0.3 is 10.6 Å². The first-order valence-corrected chi connectivity index (χ1v) is 12.1.